The Hall–Kier alpha value is -1.73. The molecule has 1 aliphatic heterocycles. The van der Waals surface area contributed by atoms with E-state index in [1.54, 1.807) is 39.0 Å². The Kier molecular flexibility index (Phi) is 3.92. The number of hydrogen-bond acceptors (Lipinski definition) is 5. The van der Waals surface area contributed by atoms with Crippen LogP contribution in [0, 0.1) is 0 Å². The van der Waals surface area contributed by atoms with Gasteiger partial charge in [0, 0.05) is 18.6 Å². The number of fused-ring (bicyclic) bond motifs is 1. The summed E-state index contributed by atoms with van der Waals surface area (Å²) in [6.45, 7) is 6.37. The summed E-state index contributed by atoms with van der Waals surface area (Å²) in [5.74, 6) is 0. The lowest BCUT2D eigenvalue weighted by Gasteiger charge is -2.33. The van der Waals surface area contributed by atoms with Crippen LogP contribution in [0.1, 0.15) is 20.8 Å². The second-order valence-electron chi connectivity index (χ2n) is 5.68. The molecule has 0 unspecified atom stereocenters. The zero-order valence-electron chi connectivity index (χ0n) is 11.9. The first-order valence-corrected chi connectivity index (χ1v) is 6.53. The van der Waals surface area contributed by atoms with Crippen molar-refractivity contribution in [2.45, 2.75) is 26.4 Å². The number of anilines is 2. The average Bonchev–Trinajstić information content (AvgIpc) is 2.35. The first kappa shape index (κ1) is 14.7. The van der Waals surface area contributed by atoms with E-state index in [0.29, 0.717) is 24.5 Å². The molecule has 20 heavy (non-hydrogen) atoms. The highest BCUT2D eigenvalue weighted by molar-refractivity contribution is 6.61. The minimum Gasteiger partial charge on any atom is -0.443 e. The maximum Gasteiger partial charge on any atom is 0.490 e. The van der Waals surface area contributed by atoms with Crippen molar-refractivity contribution in [1.29, 1.82) is 0 Å². The molecule has 0 aromatic heterocycles. The summed E-state index contributed by atoms with van der Waals surface area (Å²) < 4.78 is 5.36. The molecule has 0 saturated carbocycles. The standard InChI is InChI=1S/C13H19BN2O4/c1-13(2,3)20-12(17)16-8-7-15-10-6-4-5-9(11(10)16)14(18)19/h4-6,15,18-19H,7-8H2,1-3H3. The van der Waals surface area contributed by atoms with Gasteiger partial charge in [0.15, 0.2) is 0 Å². The van der Waals surface area contributed by atoms with Crippen molar-refractivity contribution in [3.8, 4) is 0 Å². The van der Waals surface area contributed by atoms with Crippen LogP contribution in [-0.4, -0.2) is 42.0 Å². The first-order chi connectivity index (χ1) is 9.29. The fourth-order valence-electron chi connectivity index (χ4n) is 2.13. The number of carbonyl (C=O) groups excluding carboxylic acids is 1. The molecule has 1 amide bonds. The Labute approximate surface area is 118 Å². The van der Waals surface area contributed by atoms with Crippen LogP contribution in [0.3, 0.4) is 0 Å². The van der Waals surface area contributed by atoms with Gasteiger partial charge >= 0.3 is 13.2 Å². The van der Waals surface area contributed by atoms with Gasteiger partial charge in [0.25, 0.3) is 0 Å². The van der Waals surface area contributed by atoms with Gasteiger partial charge in [0.2, 0.25) is 0 Å². The molecule has 1 aromatic rings. The van der Waals surface area contributed by atoms with Crippen molar-refractivity contribution in [1.82, 2.24) is 0 Å². The third-order valence-electron chi connectivity index (χ3n) is 2.88. The molecule has 0 bridgehead atoms. The fourth-order valence-corrected chi connectivity index (χ4v) is 2.13. The van der Waals surface area contributed by atoms with E-state index in [0.717, 1.165) is 0 Å². The molecule has 0 saturated heterocycles. The van der Waals surface area contributed by atoms with Crippen LogP contribution < -0.4 is 15.7 Å². The van der Waals surface area contributed by atoms with Gasteiger partial charge < -0.3 is 20.1 Å². The number of para-hydroxylation sites is 1. The minimum absolute atomic E-state index is 0.278. The van der Waals surface area contributed by atoms with E-state index in [2.05, 4.69) is 5.32 Å². The maximum absolute atomic E-state index is 12.3. The lowest BCUT2D eigenvalue weighted by atomic mass is 9.78. The van der Waals surface area contributed by atoms with Gasteiger partial charge in [-0.3, -0.25) is 4.90 Å². The molecule has 6 nitrogen and oxygen atoms in total. The zero-order chi connectivity index (χ0) is 14.9. The van der Waals surface area contributed by atoms with Crippen LogP contribution in [0.4, 0.5) is 16.2 Å². The summed E-state index contributed by atoms with van der Waals surface area (Å²) in [5, 5.41) is 22.1. The van der Waals surface area contributed by atoms with E-state index in [9.17, 15) is 14.8 Å². The second kappa shape index (κ2) is 5.34. The molecule has 7 heteroatoms. The Morgan fingerprint density at radius 2 is 2.10 bits per heavy atom. The molecule has 1 aliphatic rings. The van der Waals surface area contributed by atoms with Crippen molar-refractivity contribution >= 4 is 30.0 Å². The Balaban J connectivity index is 2.39. The topological polar surface area (TPSA) is 82.0 Å². The first-order valence-electron chi connectivity index (χ1n) is 6.53. The van der Waals surface area contributed by atoms with Crippen LogP contribution in [0.5, 0.6) is 0 Å². The fraction of sp³-hybridized carbons (Fsp3) is 0.462. The Morgan fingerprint density at radius 3 is 2.70 bits per heavy atom. The molecule has 108 valence electrons. The van der Waals surface area contributed by atoms with E-state index in [1.807, 2.05) is 0 Å². The molecular formula is C13H19BN2O4. The van der Waals surface area contributed by atoms with Crippen LogP contribution in [0.25, 0.3) is 0 Å². The molecule has 1 aromatic carbocycles. The Morgan fingerprint density at radius 1 is 1.40 bits per heavy atom. The van der Waals surface area contributed by atoms with Gasteiger partial charge in [-0.2, -0.15) is 0 Å². The van der Waals surface area contributed by atoms with E-state index in [4.69, 9.17) is 4.74 Å². The van der Waals surface area contributed by atoms with Crippen molar-refractivity contribution in [2.75, 3.05) is 23.3 Å². The third kappa shape index (κ3) is 3.05. The van der Waals surface area contributed by atoms with Crippen molar-refractivity contribution < 1.29 is 19.6 Å². The van der Waals surface area contributed by atoms with Crippen LogP contribution in [0.2, 0.25) is 0 Å². The molecule has 0 fully saturated rings. The number of carbonyl (C=O) groups is 1. The van der Waals surface area contributed by atoms with E-state index in [1.165, 1.54) is 4.90 Å². The molecule has 0 atom stereocenters. The van der Waals surface area contributed by atoms with E-state index in [-0.39, 0.29) is 5.46 Å². The summed E-state index contributed by atoms with van der Waals surface area (Å²) in [4.78, 5) is 13.7. The smallest absolute Gasteiger partial charge is 0.443 e. The summed E-state index contributed by atoms with van der Waals surface area (Å²) in [6, 6.07) is 5.07. The lowest BCUT2D eigenvalue weighted by Crippen LogP contribution is -2.47. The Bertz CT molecular complexity index is 514. The SMILES string of the molecule is CC(C)(C)OC(=O)N1CCNc2cccc(B(O)O)c21. The summed E-state index contributed by atoms with van der Waals surface area (Å²) in [7, 11) is -1.64. The average molecular weight is 278 g/mol. The van der Waals surface area contributed by atoms with Gasteiger partial charge in [-0.1, -0.05) is 12.1 Å². The van der Waals surface area contributed by atoms with Crippen LogP contribution in [0.15, 0.2) is 18.2 Å². The number of rotatable bonds is 1. The number of benzene rings is 1. The highest BCUT2D eigenvalue weighted by atomic mass is 16.6. The highest BCUT2D eigenvalue weighted by Crippen LogP contribution is 2.28. The number of nitrogens with zero attached hydrogens (tertiary/aromatic N) is 1. The number of nitrogens with one attached hydrogen (secondary N) is 1. The maximum atomic E-state index is 12.3. The predicted octanol–water partition coefficient (Wildman–Crippen LogP) is 0.533. The molecule has 0 spiro atoms. The van der Waals surface area contributed by atoms with Crippen molar-refractivity contribution in [2.24, 2.45) is 0 Å². The molecule has 0 aliphatic carbocycles. The second-order valence-corrected chi connectivity index (χ2v) is 5.68. The van der Waals surface area contributed by atoms with Crippen molar-refractivity contribution in [3.63, 3.8) is 0 Å². The van der Waals surface area contributed by atoms with Gasteiger partial charge in [-0.25, -0.2) is 4.79 Å². The molecule has 2 rings (SSSR count). The molecular weight excluding hydrogens is 259 g/mol. The minimum atomic E-state index is -1.64. The summed E-state index contributed by atoms with van der Waals surface area (Å²) >= 11 is 0. The quantitative estimate of drug-likeness (QED) is 0.653. The van der Waals surface area contributed by atoms with Gasteiger partial charge in [0.1, 0.15) is 5.60 Å². The van der Waals surface area contributed by atoms with Crippen LogP contribution in [-0.2, 0) is 4.74 Å². The van der Waals surface area contributed by atoms with Gasteiger partial charge in [0.05, 0.1) is 11.4 Å². The van der Waals surface area contributed by atoms with Gasteiger partial charge in [-0.15, -0.1) is 0 Å². The monoisotopic (exact) mass is 278 g/mol. The molecule has 3 N–H and O–H groups in total. The number of ether oxygens (including phenoxy) is 1. The normalized spacial score (nSPS) is 14.3. The zero-order valence-corrected chi connectivity index (χ0v) is 11.9. The van der Waals surface area contributed by atoms with Crippen molar-refractivity contribution in [3.05, 3.63) is 18.2 Å². The van der Waals surface area contributed by atoms with Crippen LogP contribution >= 0.6 is 0 Å². The molecule has 0 radical (unpaired) electrons. The largest absolute Gasteiger partial charge is 0.490 e. The highest BCUT2D eigenvalue weighted by Gasteiger charge is 2.31. The predicted molar refractivity (Wildman–Crippen MR) is 78.3 cm³/mol. The number of hydrogen-bond donors (Lipinski definition) is 3. The van der Waals surface area contributed by atoms with E-state index < -0.39 is 18.8 Å². The lowest BCUT2D eigenvalue weighted by molar-refractivity contribution is 0.0581. The van der Waals surface area contributed by atoms with Gasteiger partial charge in [-0.05, 0) is 26.8 Å². The number of amides is 1. The van der Waals surface area contributed by atoms with E-state index >= 15 is 0 Å². The third-order valence-corrected chi connectivity index (χ3v) is 2.88. The summed E-state index contributed by atoms with van der Waals surface area (Å²) in [6.07, 6.45) is -0.492. The molecule has 1 heterocycles. The summed E-state index contributed by atoms with van der Waals surface area (Å²) in [5.41, 5.74) is 0.825.